The molecular formula is C21H32. The summed E-state index contributed by atoms with van der Waals surface area (Å²) in [5.41, 5.74) is 4.56. The van der Waals surface area contributed by atoms with Crippen LogP contribution in [0.25, 0.3) is 0 Å². The van der Waals surface area contributed by atoms with Crippen LogP contribution in [-0.2, 0) is 0 Å². The van der Waals surface area contributed by atoms with Crippen molar-refractivity contribution in [3.05, 3.63) is 34.9 Å². The molecule has 21 heavy (non-hydrogen) atoms. The summed E-state index contributed by atoms with van der Waals surface area (Å²) < 4.78 is 0. The van der Waals surface area contributed by atoms with Crippen molar-refractivity contribution in [1.82, 2.24) is 0 Å². The number of rotatable bonds is 2. The van der Waals surface area contributed by atoms with Crippen molar-refractivity contribution in [2.75, 3.05) is 0 Å². The Labute approximate surface area is 131 Å². The van der Waals surface area contributed by atoms with Crippen LogP contribution in [0.3, 0.4) is 0 Å². The Balaban J connectivity index is 1.59. The second-order valence-electron chi connectivity index (χ2n) is 8.00. The van der Waals surface area contributed by atoms with Crippen LogP contribution in [0.1, 0.15) is 80.9 Å². The van der Waals surface area contributed by atoms with Gasteiger partial charge in [0.25, 0.3) is 0 Å². The van der Waals surface area contributed by atoms with Crippen LogP contribution in [0.15, 0.2) is 18.2 Å². The van der Waals surface area contributed by atoms with Gasteiger partial charge >= 0.3 is 0 Å². The lowest BCUT2D eigenvalue weighted by molar-refractivity contribution is 0.159. The SMILES string of the molecule is Cc1ccc(C2CCC(C3CCCC(C)C3)CC2)c(C)c1. The van der Waals surface area contributed by atoms with E-state index in [4.69, 9.17) is 0 Å². The molecule has 0 radical (unpaired) electrons. The van der Waals surface area contributed by atoms with E-state index in [9.17, 15) is 0 Å². The molecule has 0 spiro atoms. The van der Waals surface area contributed by atoms with E-state index in [0.29, 0.717) is 0 Å². The summed E-state index contributed by atoms with van der Waals surface area (Å²) in [6.07, 6.45) is 11.8. The molecule has 0 heterocycles. The van der Waals surface area contributed by atoms with Crippen LogP contribution in [0.2, 0.25) is 0 Å². The highest BCUT2D eigenvalue weighted by molar-refractivity contribution is 5.33. The Hall–Kier alpha value is -0.780. The Kier molecular flexibility index (Phi) is 4.72. The average molecular weight is 284 g/mol. The molecule has 0 bridgehead atoms. The van der Waals surface area contributed by atoms with Gasteiger partial charge in [-0.25, -0.2) is 0 Å². The summed E-state index contributed by atoms with van der Waals surface area (Å²) >= 11 is 0. The average Bonchev–Trinajstić information content (AvgIpc) is 2.47. The fraction of sp³-hybridized carbons (Fsp3) is 0.714. The molecule has 2 unspecified atom stereocenters. The quantitative estimate of drug-likeness (QED) is 0.589. The second kappa shape index (κ2) is 6.55. The Morgan fingerprint density at radius 3 is 2.29 bits per heavy atom. The summed E-state index contributed by atoms with van der Waals surface area (Å²) in [6, 6.07) is 7.07. The lowest BCUT2D eigenvalue weighted by Gasteiger charge is -2.38. The highest BCUT2D eigenvalue weighted by Crippen LogP contribution is 2.44. The fourth-order valence-corrected chi connectivity index (χ4v) is 5.09. The van der Waals surface area contributed by atoms with Crippen molar-refractivity contribution in [2.45, 2.75) is 78.1 Å². The van der Waals surface area contributed by atoms with E-state index in [0.717, 1.165) is 23.7 Å². The van der Waals surface area contributed by atoms with E-state index >= 15 is 0 Å². The predicted octanol–water partition coefficient (Wildman–Crippen LogP) is 6.40. The molecule has 0 saturated heterocycles. The number of hydrogen-bond donors (Lipinski definition) is 0. The molecule has 0 aromatic heterocycles. The van der Waals surface area contributed by atoms with E-state index < -0.39 is 0 Å². The summed E-state index contributed by atoms with van der Waals surface area (Å²) in [4.78, 5) is 0. The minimum absolute atomic E-state index is 0.836. The Morgan fingerprint density at radius 2 is 1.62 bits per heavy atom. The van der Waals surface area contributed by atoms with Gasteiger partial charge in [-0.3, -0.25) is 0 Å². The van der Waals surface area contributed by atoms with Gasteiger partial charge in [-0.2, -0.15) is 0 Å². The molecule has 2 aliphatic rings. The summed E-state index contributed by atoms with van der Waals surface area (Å²) in [5, 5.41) is 0. The van der Waals surface area contributed by atoms with E-state index in [1.165, 1.54) is 62.5 Å². The van der Waals surface area contributed by atoms with Crippen LogP contribution in [0, 0.1) is 31.6 Å². The Morgan fingerprint density at radius 1 is 0.857 bits per heavy atom. The van der Waals surface area contributed by atoms with Crippen molar-refractivity contribution in [2.24, 2.45) is 17.8 Å². The molecule has 0 heteroatoms. The minimum atomic E-state index is 0.836. The summed E-state index contributed by atoms with van der Waals surface area (Å²) in [6.45, 7) is 6.97. The number of hydrogen-bond acceptors (Lipinski definition) is 0. The molecule has 0 nitrogen and oxygen atoms in total. The van der Waals surface area contributed by atoms with Crippen molar-refractivity contribution >= 4 is 0 Å². The number of benzene rings is 1. The summed E-state index contributed by atoms with van der Waals surface area (Å²) in [5.74, 6) is 3.91. The van der Waals surface area contributed by atoms with Gasteiger partial charge in [-0.1, -0.05) is 49.9 Å². The zero-order valence-electron chi connectivity index (χ0n) is 14.2. The van der Waals surface area contributed by atoms with Gasteiger partial charge in [0.05, 0.1) is 0 Å². The van der Waals surface area contributed by atoms with Crippen molar-refractivity contribution in [1.29, 1.82) is 0 Å². The lowest BCUT2D eigenvalue weighted by atomic mass is 9.68. The molecular weight excluding hydrogens is 252 g/mol. The van der Waals surface area contributed by atoms with Crippen LogP contribution in [-0.4, -0.2) is 0 Å². The molecule has 0 aliphatic heterocycles. The van der Waals surface area contributed by atoms with Crippen molar-refractivity contribution < 1.29 is 0 Å². The van der Waals surface area contributed by atoms with Gasteiger partial charge in [-0.15, -0.1) is 0 Å². The molecule has 116 valence electrons. The van der Waals surface area contributed by atoms with Gasteiger partial charge in [-0.05, 0) is 80.8 Å². The first-order valence-corrected chi connectivity index (χ1v) is 9.20. The maximum Gasteiger partial charge on any atom is -0.0159 e. The van der Waals surface area contributed by atoms with Gasteiger partial charge in [0.1, 0.15) is 0 Å². The van der Waals surface area contributed by atoms with Gasteiger partial charge in [0, 0.05) is 0 Å². The largest absolute Gasteiger partial charge is 0.0625 e. The minimum Gasteiger partial charge on any atom is -0.0625 e. The summed E-state index contributed by atoms with van der Waals surface area (Å²) in [7, 11) is 0. The topological polar surface area (TPSA) is 0 Å². The standard InChI is InChI=1S/C21H32/c1-15-5-4-6-20(14-15)18-8-10-19(11-9-18)21-12-7-16(2)13-17(21)3/h7,12-13,15,18-20H,4-6,8-11,14H2,1-3H3. The third-order valence-electron chi connectivity index (χ3n) is 6.28. The number of aryl methyl sites for hydroxylation is 2. The maximum atomic E-state index is 2.47. The van der Waals surface area contributed by atoms with E-state index in [1.54, 1.807) is 5.56 Å². The molecule has 0 amide bonds. The van der Waals surface area contributed by atoms with E-state index in [1.807, 2.05) is 0 Å². The van der Waals surface area contributed by atoms with Crippen LogP contribution >= 0.6 is 0 Å². The zero-order chi connectivity index (χ0) is 14.8. The second-order valence-corrected chi connectivity index (χ2v) is 8.00. The highest BCUT2D eigenvalue weighted by Gasteiger charge is 2.31. The first kappa shape index (κ1) is 15.1. The van der Waals surface area contributed by atoms with E-state index in [2.05, 4.69) is 39.0 Å². The predicted molar refractivity (Wildman–Crippen MR) is 91.7 cm³/mol. The fourth-order valence-electron chi connectivity index (χ4n) is 5.09. The molecule has 2 atom stereocenters. The molecule has 3 rings (SSSR count). The molecule has 2 saturated carbocycles. The molecule has 0 N–H and O–H groups in total. The first-order valence-electron chi connectivity index (χ1n) is 9.20. The van der Waals surface area contributed by atoms with Gasteiger partial charge in [0.2, 0.25) is 0 Å². The maximum absolute atomic E-state index is 2.47. The smallest absolute Gasteiger partial charge is 0.0159 e. The molecule has 1 aromatic carbocycles. The van der Waals surface area contributed by atoms with Crippen LogP contribution < -0.4 is 0 Å². The molecule has 2 aliphatic carbocycles. The lowest BCUT2D eigenvalue weighted by Crippen LogP contribution is -2.25. The first-order chi connectivity index (χ1) is 10.1. The third kappa shape index (κ3) is 3.52. The third-order valence-corrected chi connectivity index (χ3v) is 6.28. The van der Waals surface area contributed by atoms with Gasteiger partial charge in [0.15, 0.2) is 0 Å². The zero-order valence-corrected chi connectivity index (χ0v) is 14.2. The van der Waals surface area contributed by atoms with Crippen molar-refractivity contribution in [3.63, 3.8) is 0 Å². The monoisotopic (exact) mass is 284 g/mol. The molecule has 1 aromatic rings. The normalized spacial score (nSPS) is 33.9. The van der Waals surface area contributed by atoms with Crippen LogP contribution in [0.4, 0.5) is 0 Å². The van der Waals surface area contributed by atoms with Crippen molar-refractivity contribution in [3.8, 4) is 0 Å². The Bertz CT molecular complexity index is 465. The van der Waals surface area contributed by atoms with E-state index in [-0.39, 0.29) is 0 Å². The van der Waals surface area contributed by atoms with Gasteiger partial charge < -0.3 is 0 Å². The molecule has 2 fully saturated rings. The van der Waals surface area contributed by atoms with Crippen LogP contribution in [0.5, 0.6) is 0 Å². The highest BCUT2D eigenvalue weighted by atomic mass is 14.4.